The minimum absolute atomic E-state index is 0.137. The molecule has 1 aromatic carbocycles. The molecular weight excluding hydrogens is 368 g/mol. The summed E-state index contributed by atoms with van der Waals surface area (Å²) in [6.45, 7) is 2.56. The SMILES string of the molecule is CCCCS(=O)(=O)N1CCC(C(=O)N[C@H](Cc2ccccc2)C(=O)O)CC1. The van der Waals surface area contributed by atoms with Gasteiger partial charge in [-0.2, -0.15) is 0 Å². The minimum atomic E-state index is -3.26. The highest BCUT2D eigenvalue weighted by atomic mass is 32.2. The van der Waals surface area contributed by atoms with E-state index in [0.29, 0.717) is 32.4 Å². The Hall–Kier alpha value is -1.93. The largest absolute Gasteiger partial charge is 0.480 e. The first-order chi connectivity index (χ1) is 12.8. The van der Waals surface area contributed by atoms with Crippen LogP contribution in [0.15, 0.2) is 30.3 Å². The third-order valence-electron chi connectivity index (χ3n) is 4.87. The van der Waals surface area contributed by atoms with Crippen LogP contribution < -0.4 is 5.32 Å². The molecule has 1 amide bonds. The van der Waals surface area contributed by atoms with E-state index in [1.165, 1.54) is 4.31 Å². The molecule has 0 saturated carbocycles. The first-order valence-corrected chi connectivity index (χ1v) is 11.0. The fourth-order valence-corrected chi connectivity index (χ4v) is 4.87. The Morgan fingerprint density at radius 2 is 1.85 bits per heavy atom. The number of carbonyl (C=O) groups excluding carboxylic acids is 1. The number of carbonyl (C=O) groups is 2. The van der Waals surface area contributed by atoms with E-state index in [1.54, 1.807) is 0 Å². The molecule has 2 N–H and O–H groups in total. The number of nitrogens with zero attached hydrogens (tertiary/aromatic N) is 1. The molecule has 1 aromatic rings. The first-order valence-electron chi connectivity index (χ1n) is 9.38. The van der Waals surface area contributed by atoms with Gasteiger partial charge in [-0.25, -0.2) is 17.5 Å². The molecule has 150 valence electrons. The number of piperidine rings is 1. The van der Waals surface area contributed by atoms with Crippen LogP contribution in [0.5, 0.6) is 0 Å². The summed E-state index contributed by atoms with van der Waals surface area (Å²) >= 11 is 0. The molecule has 0 spiro atoms. The topological polar surface area (TPSA) is 104 Å². The molecule has 0 aromatic heterocycles. The van der Waals surface area contributed by atoms with Gasteiger partial charge in [0.15, 0.2) is 0 Å². The number of unbranched alkanes of at least 4 members (excludes halogenated alkanes) is 1. The Kier molecular flexibility index (Phi) is 7.79. The van der Waals surface area contributed by atoms with E-state index < -0.39 is 22.0 Å². The van der Waals surface area contributed by atoms with Gasteiger partial charge in [0, 0.05) is 25.4 Å². The minimum Gasteiger partial charge on any atom is -0.480 e. The zero-order valence-electron chi connectivity index (χ0n) is 15.6. The molecule has 1 heterocycles. The molecule has 8 heteroatoms. The Morgan fingerprint density at radius 1 is 1.22 bits per heavy atom. The van der Waals surface area contributed by atoms with Crippen molar-refractivity contribution in [2.24, 2.45) is 5.92 Å². The van der Waals surface area contributed by atoms with Gasteiger partial charge in [0.05, 0.1) is 5.75 Å². The number of benzene rings is 1. The van der Waals surface area contributed by atoms with E-state index >= 15 is 0 Å². The summed E-state index contributed by atoms with van der Waals surface area (Å²) in [6, 6.07) is 8.14. The summed E-state index contributed by atoms with van der Waals surface area (Å²) < 4.78 is 25.9. The lowest BCUT2D eigenvalue weighted by Crippen LogP contribution is -2.48. The van der Waals surface area contributed by atoms with E-state index in [2.05, 4.69) is 5.32 Å². The second-order valence-corrected chi connectivity index (χ2v) is 9.02. The second kappa shape index (κ2) is 9.85. The number of carboxylic acids is 1. The Morgan fingerprint density at radius 3 is 2.41 bits per heavy atom. The monoisotopic (exact) mass is 396 g/mol. The van der Waals surface area contributed by atoms with Crippen LogP contribution in [0.3, 0.4) is 0 Å². The fourth-order valence-electron chi connectivity index (χ4n) is 3.19. The average Bonchev–Trinajstić information content (AvgIpc) is 2.66. The van der Waals surface area contributed by atoms with Gasteiger partial charge in [-0.05, 0) is 24.8 Å². The molecule has 7 nitrogen and oxygen atoms in total. The average molecular weight is 397 g/mol. The summed E-state index contributed by atoms with van der Waals surface area (Å²) in [5.74, 6) is -1.62. The van der Waals surface area contributed by atoms with Crippen LogP contribution in [0.1, 0.15) is 38.2 Å². The Bertz CT molecular complexity index is 728. The molecule has 0 radical (unpaired) electrons. The van der Waals surface area contributed by atoms with Crippen molar-refractivity contribution in [2.75, 3.05) is 18.8 Å². The lowest BCUT2D eigenvalue weighted by molar-refractivity contribution is -0.142. The van der Waals surface area contributed by atoms with E-state index in [9.17, 15) is 23.1 Å². The van der Waals surface area contributed by atoms with Crippen molar-refractivity contribution < 1.29 is 23.1 Å². The van der Waals surface area contributed by atoms with E-state index in [4.69, 9.17) is 0 Å². The number of rotatable bonds is 9. The first kappa shape index (κ1) is 21.4. The third-order valence-corrected chi connectivity index (χ3v) is 6.83. The molecule has 0 bridgehead atoms. The number of aliphatic carboxylic acids is 1. The van der Waals surface area contributed by atoms with E-state index in [1.807, 2.05) is 37.3 Å². The van der Waals surface area contributed by atoms with Gasteiger partial charge in [0.25, 0.3) is 0 Å². The van der Waals surface area contributed by atoms with Gasteiger partial charge in [-0.15, -0.1) is 0 Å². The maximum atomic E-state index is 12.5. The highest BCUT2D eigenvalue weighted by Crippen LogP contribution is 2.21. The van der Waals surface area contributed by atoms with Gasteiger partial charge in [0.1, 0.15) is 6.04 Å². The van der Waals surface area contributed by atoms with Crippen LogP contribution in [0.2, 0.25) is 0 Å². The normalized spacial score (nSPS) is 17.4. The smallest absolute Gasteiger partial charge is 0.326 e. The van der Waals surface area contributed by atoms with E-state index in [0.717, 1.165) is 12.0 Å². The third kappa shape index (κ3) is 6.32. The van der Waals surface area contributed by atoms with E-state index in [-0.39, 0.29) is 24.0 Å². The van der Waals surface area contributed by atoms with Crippen molar-refractivity contribution in [3.8, 4) is 0 Å². The molecule has 1 fully saturated rings. The molecule has 0 unspecified atom stereocenters. The zero-order valence-corrected chi connectivity index (χ0v) is 16.5. The fraction of sp³-hybridized carbons (Fsp3) is 0.579. The maximum Gasteiger partial charge on any atom is 0.326 e. The van der Waals surface area contributed by atoms with Crippen LogP contribution in [-0.4, -0.2) is 54.6 Å². The molecule has 1 atom stereocenters. The Labute approximate surface area is 160 Å². The number of hydrogen-bond donors (Lipinski definition) is 2. The molecule has 2 rings (SSSR count). The number of carboxylic acid groups (broad SMARTS) is 1. The van der Waals surface area contributed by atoms with Gasteiger partial charge >= 0.3 is 5.97 Å². The summed E-state index contributed by atoms with van der Waals surface area (Å²) in [6.07, 6.45) is 2.48. The number of sulfonamides is 1. The summed E-state index contributed by atoms with van der Waals surface area (Å²) in [5, 5.41) is 12.0. The predicted octanol–water partition coefficient (Wildman–Crippen LogP) is 1.64. The molecule has 1 saturated heterocycles. The van der Waals surface area contributed by atoms with Crippen molar-refractivity contribution in [3.63, 3.8) is 0 Å². The Balaban J connectivity index is 1.89. The molecule has 1 aliphatic rings. The van der Waals surface area contributed by atoms with Crippen molar-refractivity contribution in [2.45, 2.75) is 45.1 Å². The van der Waals surface area contributed by atoms with Crippen LogP contribution in [0.4, 0.5) is 0 Å². The summed E-state index contributed by atoms with van der Waals surface area (Å²) in [7, 11) is -3.26. The zero-order chi connectivity index (χ0) is 19.9. The summed E-state index contributed by atoms with van der Waals surface area (Å²) in [5.41, 5.74) is 0.835. The van der Waals surface area contributed by atoms with Crippen LogP contribution in [0, 0.1) is 5.92 Å². The van der Waals surface area contributed by atoms with Crippen LogP contribution >= 0.6 is 0 Å². The van der Waals surface area contributed by atoms with Gasteiger partial charge in [-0.1, -0.05) is 43.7 Å². The number of hydrogen-bond acceptors (Lipinski definition) is 4. The lowest BCUT2D eigenvalue weighted by Gasteiger charge is -2.31. The van der Waals surface area contributed by atoms with Crippen molar-refractivity contribution in [3.05, 3.63) is 35.9 Å². The summed E-state index contributed by atoms with van der Waals surface area (Å²) in [4.78, 5) is 24.0. The van der Waals surface area contributed by atoms with Crippen molar-refractivity contribution >= 4 is 21.9 Å². The van der Waals surface area contributed by atoms with Crippen molar-refractivity contribution in [1.29, 1.82) is 0 Å². The number of nitrogens with one attached hydrogen (secondary N) is 1. The van der Waals surface area contributed by atoms with Gasteiger partial charge < -0.3 is 10.4 Å². The molecular formula is C19H28N2O5S. The number of amides is 1. The maximum absolute atomic E-state index is 12.5. The van der Waals surface area contributed by atoms with Gasteiger partial charge in [-0.3, -0.25) is 4.79 Å². The molecule has 1 aliphatic heterocycles. The predicted molar refractivity (Wildman–Crippen MR) is 103 cm³/mol. The van der Waals surface area contributed by atoms with Gasteiger partial charge in [0.2, 0.25) is 15.9 Å². The quantitative estimate of drug-likeness (QED) is 0.660. The van der Waals surface area contributed by atoms with Crippen LogP contribution in [-0.2, 0) is 26.0 Å². The second-order valence-electron chi connectivity index (χ2n) is 6.93. The van der Waals surface area contributed by atoms with Crippen molar-refractivity contribution in [1.82, 2.24) is 9.62 Å². The lowest BCUT2D eigenvalue weighted by atomic mass is 9.96. The highest BCUT2D eigenvalue weighted by molar-refractivity contribution is 7.89. The molecule has 0 aliphatic carbocycles. The van der Waals surface area contributed by atoms with Crippen LogP contribution in [0.25, 0.3) is 0 Å². The highest BCUT2D eigenvalue weighted by Gasteiger charge is 2.32. The standard InChI is InChI=1S/C19H28N2O5S/c1-2-3-13-27(25,26)21-11-9-16(10-12-21)18(22)20-17(19(23)24)14-15-7-5-4-6-8-15/h4-8,16-17H,2-3,9-14H2,1H3,(H,20,22)(H,23,24)/t17-/m1/s1. The molecule has 27 heavy (non-hydrogen) atoms.